The van der Waals surface area contributed by atoms with E-state index in [0.717, 1.165) is 38.7 Å². The summed E-state index contributed by atoms with van der Waals surface area (Å²) in [5.74, 6) is -2.76. The third-order valence-corrected chi connectivity index (χ3v) is 3.55. The molecule has 0 amide bonds. The fourth-order valence-corrected chi connectivity index (χ4v) is 2.02. The molecule has 126 valence electrons. The lowest BCUT2D eigenvalue weighted by Gasteiger charge is -2.25. The molecule has 0 fully saturated rings. The molecule has 0 aliphatic rings. The Kier molecular flexibility index (Phi) is 8.63. The number of hydrogen-bond acceptors (Lipinski definition) is 5. The summed E-state index contributed by atoms with van der Waals surface area (Å²) in [6, 6.07) is 0. The van der Waals surface area contributed by atoms with Crippen LogP contribution in [-0.2, 0) is 19.1 Å². The predicted molar refractivity (Wildman–Crippen MR) is 81.3 cm³/mol. The number of Topliss-reactive ketones (excluding diaryl/α,β-unsaturated/α-hetero) is 1. The van der Waals surface area contributed by atoms with Crippen LogP contribution in [0, 0.1) is 5.92 Å². The van der Waals surface area contributed by atoms with E-state index in [1.165, 1.54) is 0 Å². The van der Waals surface area contributed by atoms with Crippen molar-refractivity contribution in [3.63, 3.8) is 0 Å². The van der Waals surface area contributed by atoms with Gasteiger partial charge in [0.05, 0.1) is 0 Å². The van der Waals surface area contributed by atoms with Crippen LogP contribution in [0.5, 0.6) is 0 Å². The zero-order valence-corrected chi connectivity index (χ0v) is 13.7. The van der Waals surface area contributed by atoms with Gasteiger partial charge in [-0.2, -0.15) is 0 Å². The van der Waals surface area contributed by atoms with Crippen LogP contribution in [0.1, 0.15) is 53.4 Å². The van der Waals surface area contributed by atoms with Crippen molar-refractivity contribution in [3.8, 4) is 0 Å². The highest BCUT2D eigenvalue weighted by Gasteiger charge is 2.46. The van der Waals surface area contributed by atoms with Gasteiger partial charge in [0.25, 0.3) is 5.60 Å². The molecule has 6 heteroatoms. The average Bonchev–Trinajstić information content (AvgIpc) is 2.42. The zero-order valence-electron chi connectivity index (χ0n) is 13.7. The van der Waals surface area contributed by atoms with Crippen LogP contribution in [0.25, 0.3) is 0 Å². The minimum absolute atomic E-state index is 0.141. The lowest BCUT2D eigenvalue weighted by Crippen LogP contribution is -2.48. The molecule has 22 heavy (non-hydrogen) atoms. The molecule has 0 saturated carbocycles. The van der Waals surface area contributed by atoms with Crippen LogP contribution in [0.2, 0.25) is 0 Å². The van der Waals surface area contributed by atoms with Crippen molar-refractivity contribution < 1.29 is 29.3 Å². The molecule has 0 aromatic rings. The summed E-state index contributed by atoms with van der Waals surface area (Å²) in [5.41, 5.74) is -1.23. The van der Waals surface area contributed by atoms with Gasteiger partial charge in [0.1, 0.15) is 0 Å². The smallest absolute Gasteiger partial charge is 0.356 e. The number of ether oxygens (including phenoxy) is 1. The fraction of sp³-hybridized carbons (Fsp3) is 0.688. The molecule has 0 aromatic carbocycles. The first-order valence-corrected chi connectivity index (χ1v) is 7.36. The number of rotatable bonds is 10. The number of aliphatic hydroxyl groups excluding tert-OH is 1. The highest BCUT2D eigenvalue weighted by atomic mass is 16.6. The van der Waals surface area contributed by atoms with Crippen LogP contribution in [0.3, 0.4) is 0 Å². The van der Waals surface area contributed by atoms with Gasteiger partial charge in [-0.15, -0.1) is 0 Å². The molecule has 0 bridgehead atoms. The number of carboxylic acids is 1. The molecule has 0 aliphatic carbocycles. The van der Waals surface area contributed by atoms with Gasteiger partial charge in [-0.3, -0.25) is 9.59 Å². The van der Waals surface area contributed by atoms with E-state index in [0.29, 0.717) is 0 Å². The minimum Gasteiger partial charge on any atom is -0.478 e. The summed E-state index contributed by atoms with van der Waals surface area (Å²) in [7, 11) is 0. The van der Waals surface area contributed by atoms with E-state index in [1.807, 2.05) is 13.8 Å². The molecule has 0 heterocycles. The van der Waals surface area contributed by atoms with Crippen molar-refractivity contribution >= 4 is 17.7 Å². The predicted octanol–water partition coefficient (Wildman–Crippen LogP) is 2.10. The second-order valence-electron chi connectivity index (χ2n) is 5.72. The Balaban J connectivity index is 4.86. The Labute approximate surface area is 131 Å². The summed E-state index contributed by atoms with van der Waals surface area (Å²) in [6.45, 7) is 6.10. The highest BCUT2D eigenvalue weighted by Crippen LogP contribution is 2.22. The SMILES string of the molecule is CC(=O)OC(C/C=C(/C)CCC[C@H](C)CO)(C(C)=O)C(=O)O. The first kappa shape index (κ1) is 20.3. The van der Waals surface area contributed by atoms with Crippen LogP contribution in [0.4, 0.5) is 0 Å². The molecule has 0 aliphatic heterocycles. The lowest BCUT2D eigenvalue weighted by atomic mass is 9.92. The number of carbonyl (C=O) groups is 3. The molecule has 0 aromatic heterocycles. The molecule has 0 spiro atoms. The fourth-order valence-electron chi connectivity index (χ4n) is 2.02. The number of aliphatic carboxylic acids is 1. The van der Waals surface area contributed by atoms with E-state index in [2.05, 4.69) is 0 Å². The number of hydrogen-bond donors (Lipinski definition) is 2. The van der Waals surface area contributed by atoms with E-state index in [4.69, 9.17) is 9.84 Å². The Bertz CT molecular complexity index is 424. The number of esters is 1. The molecular weight excluding hydrogens is 288 g/mol. The van der Waals surface area contributed by atoms with Crippen molar-refractivity contribution in [3.05, 3.63) is 11.6 Å². The third kappa shape index (κ3) is 6.39. The average molecular weight is 314 g/mol. The number of carboxylic acid groups (broad SMARTS) is 1. The Morgan fingerprint density at radius 2 is 1.82 bits per heavy atom. The molecule has 6 nitrogen and oxygen atoms in total. The topological polar surface area (TPSA) is 101 Å². The number of carbonyl (C=O) groups excluding carboxylic acids is 2. The number of allylic oxidation sites excluding steroid dienone is 1. The van der Waals surface area contributed by atoms with Gasteiger partial charge in [-0.25, -0.2) is 4.79 Å². The van der Waals surface area contributed by atoms with Gasteiger partial charge in [0, 0.05) is 20.0 Å². The molecule has 0 saturated heterocycles. The first-order valence-electron chi connectivity index (χ1n) is 7.36. The van der Waals surface area contributed by atoms with Crippen LogP contribution in [0.15, 0.2) is 11.6 Å². The normalized spacial score (nSPS) is 15.8. The van der Waals surface area contributed by atoms with E-state index in [1.54, 1.807) is 6.08 Å². The Morgan fingerprint density at radius 1 is 1.23 bits per heavy atom. The van der Waals surface area contributed by atoms with Gasteiger partial charge in [0.2, 0.25) is 0 Å². The van der Waals surface area contributed by atoms with E-state index in [-0.39, 0.29) is 18.9 Å². The molecule has 0 rings (SSSR count). The molecular formula is C16H26O6. The second kappa shape index (κ2) is 9.35. The van der Waals surface area contributed by atoms with E-state index in [9.17, 15) is 19.5 Å². The maximum absolute atomic E-state index is 11.7. The van der Waals surface area contributed by atoms with Crippen LogP contribution in [-0.4, -0.2) is 40.1 Å². The third-order valence-electron chi connectivity index (χ3n) is 3.55. The van der Waals surface area contributed by atoms with Crippen LogP contribution < -0.4 is 0 Å². The first-order chi connectivity index (χ1) is 10.2. The number of ketones is 1. The molecule has 2 N–H and O–H groups in total. The largest absolute Gasteiger partial charge is 0.478 e. The summed E-state index contributed by atoms with van der Waals surface area (Å²) in [6.07, 6.45) is 3.90. The summed E-state index contributed by atoms with van der Waals surface area (Å²) < 4.78 is 4.81. The summed E-state index contributed by atoms with van der Waals surface area (Å²) >= 11 is 0. The van der Waals surface area contributed by atoms with Crippen molar-refractivity contribution in [2.75, 3.05) is 6.61 Å². The molecule has 0 radical (unpaired) electrons. The molecule has 2 atom stereocenters. The van der Waals surface area contributed by atoms with Crippen LogP contribution >= 0.6 is 0 Å². The maximum atomic E-state index is 11.7. The Hall–Kier alpha value is -1.69. The standard InChI is InChI=1S/C16H26O6/c1-11(6-5-7-12(2)10-17)8-9-16(13(3)18,15(20)21)22-14(4)19/h8,12,17H,5-7,9-10H2,1-4H3,(H,20,21)/b11-8-/t12-,16?/m0/s1. The second-order valence-corrected chi connectivity index (χ2v) is 5.72. The van der Waals surface area contributed by atoms with Gasteiger partial charge in [-0.05, 0) is 39.0 Å². The highest BCUT2D eigenvalue weighted by molar-refractivity contribution is 6.07. The van der Waals surface area contributed by atoms with E-state index < -0.39 is 23.3 Å². The quantitative estimate of drug-likeness (QED) is 0.364. The maximum Gasteiger partial charge on any atom is 0.356 e. The van der Waals surface area contributed by atoms with Gasteiger partial charge in [-0.1, -0.05) is 18.6 Å². The van der Waals surface area contributed by atoms with Gasteiger partial charge < -0.3 is 14.9 Å². The van der Waals surface area contributed by atoms with E-state index >= 15 is 0 Å². The van der Waals surface area contributed by atoms with Crippen molar-refractivity contribution in [1.82, 2.24) is 0 Å². The zero-order chi connectivity index (χ0) is 17.3. The van der Waals surface area contributed by atoms with Crippen molar-refractivity contribution in [2.24, 2.45) is 5.92 Å². The van der Waals surface area contributed by atoms with Gasteiger partial charge >= 0.3 is 11.9 Å². The monoisotopic (exact) mass is 314 g/mol. The Morgan fingerprint density at radius 3 is 2.23 bits per heavy atom. The summed E-state index contributed by atoms with van der Waals surface area (Å²) in [4.78, 5) is 34.2. The number of aliphatic hydroxyl groups is 1. The summed E-state index contributed by atoms with van der Waals surface area (Å²) in [5, 5.41) is 18.2. The van der Waals surface area contributed by atoms with Crippen molar-refractivity contribution in [1.29, 1.82) is 0 Å². The minimum atomic E-state index is -2.15. The van der Waals surface area contributed by atoms with Crippen molar-refractivity contribution in [2.45, 2.75) is 59.0 Å². The van der Waals surface area contributed by atoms with Gasteiger partial charge in [0.15, 0.2) is 5.78 Å². The lowest BCUT2D eigenvalue weighted by molar-refractivity contribution is -0.180. The molecule has 1 unspecified atom stereocenters.